The molecule has 2 nitrogen and oxygen atoms in total. The minimum Gasteiger partial charge on any atom is -0.494 e. The first-order chi connectivity index (χ1) is 8.63. The minimum atomic E-state index is -0.0559. The molecule has 0 bridgehead atoms. The van der Waals surface area contributed by atoms with Crippen molar-refractivity contribution in [1.29, 1.82) is 0 Å². The number of carbonyl (C=O) groups excluding carboxylic acids is 1. The van der Waals surface area contributed by atoms with Crippen molar-refractivity contribution in [1.82, 2.24) is 0 Å². The molecule has 2 aromatic rings. The average Bonchev–Trinajstić information content (AvgIpc) is 2.70. The Morgan fingerprint density at radius 3 is 2.83 bits per heavy atom. The molecule has 2 rings (SSSR count). The van der Waals surface area contributed by atoms with Crippen LogP contribution in [0.25, 0.3) is 0 Å². The third-order valence-corrected chi connectivity index (χ3v) is 4.21. The highest BCUT2D eigenvalue weighted by atomic mass is 35.5. The van der Waals surface area contributed by atoms with Crippen molar-refractivity contribution >= 4 is 28.7 Å². The van der Waals surface area contributed by atoms with Crippen LogP contribution in [0, 0.1) is 6.92 Å². The fourth-order valence-corrected chi connectivity index (χ4v) is 2.85. The van der Waals surface area contributed by atoms with Crippen molar-refractivity contribution < 1.29 is 9.53 Å². The molecular formula is C14H13ClO2S. The maximum Gasteiger partial charge on any atom is 0.204 e. The van der Waals surface area contributed by atoms with Gasteiger partial charge in [0.2, 0.25) is 5.78 Å². The molecule has 0 atom stereocenters. The van der Waals surface area contributed by atoms with Crippen LogP contribution in [0.2, 0.25) is 5.02 Å². The molecule has 18 heavy (non-hydrogen) atoms. The molecule has 0 radical (unpaired) electrons. The summed E-state index contributed by atoms with van der Waals surface area (Å²) in [4.78, 5) is 12.9. The number of hydrogen-bond acceptors (Lipinski definition) is 3. The first-order valence-electron chi connectivity index (χ1n) is 5.64. The largest absolute Gasteiger partial charge is 0.494 e. The Bertz CT molecular complexity index is 575. The first-order valence-corrected chi connectivity index (χ1v) is 6.90. The van der Waals surface area contributed by atoms with Gasteiger partial charge in [-0.15, -0.1) is 11.3 Å². The molecule has 0 aliphatic rings. The van der Waals surface area contributed by atoms with Gasteiger partial charge in [-0.05, 0) is 36.9 Å². The lowest BCUT2D eigenvalue weighted by Crippen LogP contribution is -2.00. The topological polar surface area (TPSA) is 26.3 Å². The SMILES string of the molecule is CCOc1cccc(C(=O)c2scc(C)c2Cl)c1. The summed E-state index contributed by atoms with van der Waals surface area (Å²) in [6.45, 7) is 4.39. The molecule has 0 saturated heterocycles. The van der Waals surface area contributed by atoms with E-state index in [2.05, 4.69) is 0 Å². The van der Waals surface area contributed by atoms with Crippen molar-refractivity contribution in [3.8, 4) is 5.75 Å². The van der Waals surface area contributed by atoms with Crippen molar-refractivity contribution in [3.05, 3.63) is 50.7 Å². The zero-order chi connectivity index (χ0) is 13.1. The van der Waals surface area contributed by atoms with E-state index < -0.39 is 0 Å². The zero-order valence-electron chi connectivity index (χ0n) is 10.2. The van der Waals surface area contributed by atoms with Gasteiger partial charge in [-0.3, -0.25) is 4.79 Å². The quantitative estimate of drug-likeness (QED) is 0.779. The molecule has 1 aromatic carbocycles. The molecule has 0 unspecified atom stereocenters. The summed E-state index contributed by atoms with van der Waals surface area (Å²) in [5, 5.41) is 2.44. The lowest BCUT2D eigenvalue weighted by molar-refractivity contribution is 0.104. The van der Waals surface area contributed by atoms with Gasteiger partial charge in [0.05, 0.1) is 16.5 Å². The molecule has 0 saturated carbocycles. The van der Waals surface area contributed by atoms with Crippen molar-refractivity contribution in [2.24, 2.45) is 0 Å². The van der Waals surface area contributed by atoms with Gasteiger partial charge in [0, 0.05) is 5.56 Å². The summed E-state index contributed by atoms with van der Waals surface area (Å²) in [7, 11) is 0. The van der Waals surface area contributed by atoms with Crippen molar-refractivity contribution in [2.75, 3.05) is 6.61 Å². The second-order valence-electron chi connectivity index (χ2n) is 3.85. The number of carbonyl (C=O) groups is 1. The highest BCUT2D eigenvalue weighted by molar-refractivity contribution is 7.13. The van der Waals surface area contributed by atoms with Crippen LogP contribution in [-0.4, -0.2) is 12.4 Å². The average molecular weight is 281 g/mol. The van der Waals surface area contributed by atoms with E-state index in [0.717, 1.165) is 5.56 Å². The molecule has 4 heteroatoms. The zero-order valence-corrected chi connectivity index (χ0v) is 11.8. The Balaban J connectivity index is 2.34. The van der Waals surface area contributed by atoms with Gasteiger partial charge in [0.25, 0.3) is 0 Å². The van der Waals surface area contributed by atoms with E-state index in [1.165, 1.54) is 11.3 Å². The second-order valence-corrected chi connectivity index (χ2v) is 5.11. The number of aryl methyl sites for hydroxylation is 1. The number of ketones is 1. The Hall–Kier alpha value is -1.32. The molecule has 94 valence electrons. The van der Waals surface area contributed by atoms with Crippen LogP contribution in [0.4, 0.5) is 0 Å². The van der Waals surface area contributed by atoms with Gasteiger partial charge < -0.3 is 4.74 Å². The summed E-state index contributed by atoms with van der Waals surface area (Å²) >= 11 is 7.49. The number of ether oxygens (including phenoxy) is 1. The lowest BCUT2D eigenvalue weighted by Gasteiger charge is -2.05. The fourth-order valence-electron chi connectivity index (χ4n) is 1.61. The van der Waals surface area contributed by atoms with Crippen LogP contribution in [-0.2, 0) is 0 Å². The molecule has 1 heterocycles. The third kappa shape index (κ3) is 2.57. The van der Waals surface area contributed by atoms with Crippen LogP contribution in [0.5, 0.6) is 5.75 Å². The molecule has 0 aliphatic heterocycles. The van der Waals surface area contributed by atoms with Gasteiger partial charge in [0.1, 0.15) is 5.75 Å². The summed E-state index contributed by atoms with van der Waals surface area (Å²) in [6.07, 6.45) is 0. The smallest absolute Gasteiger partial charge is 0.204 e. The standard InChI is InChI=1S/C14H13ClO2S/c1-3-17-11-6-4-5-10(7-11)13(16)14-12(15)9(2)8-18-14/h4-8H,3H2,1-2H3. The van der Waals surface area contributed by atoms with Crippen LogP contribution < -0.4 is 4.74 Å². The first kappa shape index (κ1) is 13.1. The van der Waals surface area contributed by atoms with E-state index in [1.54, 1.807) is 12.1 Å². The van der Waals surface area contributed by atoms with Crippen LogP contribution in [0.1, 0.15) is 27.7 Å². The molecule has 0 N–H and O–H groups in total. The predicted octanol–water partition coefficient (Wildman–Crippen LogP) is 4.34. The predicted molar refractivity (Wildman–Crippen MR) is 75.1 cm³/mol. The Labute approximate surface area is 115 Å². The van der Waals surface area contributed by atoms with Crippen molar-refractivity contribution in [2.45, 2.75) is 13.8 Å². The molecular weight excluding hydrogens is 268 g/mol. The fraction of sp³-hybridized carbons (Fsp3) is 0.214. The van der Waals surface area contributed by atoms with E-state index in [9.17, 15) is 4.79 Å². The number of hydrogen-bond donors (Lipinski definition) is 0. The Morgan fingerprint density at radius 1 is 1.44 bits per heavy atom. The summed E-state index contributed by atoms with van der Waals surface area (Å²) in [5.41, 5.74) is 1.54. The monoisotopic (exact) mass is 280 g/mol. The number of halogens is 1. The number of benzene rings is 1. The van der Waals surface area contributed by atoms with E-state index in [1.807, 2.05) is 31.4 Å². The van der Waals surface area contributed by atoms with E-state index in [-0.39, 0.29) is 5.78 Å². The van der Waals surface area contributed by atoms with Crippen LogP contribution in [0.3, 0.4) is 0 Å². The van der Waals surface area contributed by atoms with Gasteiger partial charge in [-0.25, -0.2) is 0 Å². The maximum atomic E-state index is 12.3. The highest BCUT2D eigenvalue weighted by Gasteiger charge is 2.16. The van der Waals surface area contributed by atoms with Crippen LogP contribution >= 0.6 is 22.9 Å². The minimum absolute atomic E-state index is 0.0559. The van der Waals surface area contributed by atoms with E-state index >= 15 is 0 Å². The Kier molecular flexibility index (Phi) is 4.04. The van der Waals surface area contributed by atoms with E-state index in [4.69, 9.17) is 16.3 Å². The molecule has 1 aromatic heterocycles. The van der Waals surface area contributed by atoms with Crippen molar-refractivity contribution in [3.63, 3.8) is 0 Å². The van der Waals surface area contributed by atoms with Gasteiger partial charge in [-0.2, -0.15) is 0 Å². The lowest BCUT2D eigenvalue weighted by atomic mass is 10.1. The summed E-state index contributed by atoms with van der Waals surface area (Å²) < 4.78 is 5.39. The third-order valence-electron chi connectivity index (χ3n) is 2.51. The molecule has 0 aliphatic carbocycles. The Morgan fingerprint density at radius 2 is 2.22 bits per heavy atom. The van der Waals surface area contributed by atoms with Crippen LogP contribution in [0.15, 0.2) is 29.6 Å². The summed E-state index contributed by atoms with van der Waals surface area (Å²) in [5.74, 6) is 0.646. The van der Waals surface area contributed by atoms with E-state index in [0.29, 0.717) is 27.8 Å². The summed E-state index contributed by atoms with van der Waals surface area (Å²) in [6, 6.07) is 7.17. The molecule has 0 amide bonds. The van der Waals surface area contributed by atoms with Gasteiger partial charge >= 0.3 is 0 Å². The number of rotatable bonds is 4. The second kappa shape index (κ2) is 5.55. The molecule has 0 fully saturated rings. The van der Waals surface area contributed by atoms with Gasteiger partial charge in [-0.1, -0.05) is 23.7 Å². The highest BCUT2D eigenvalue weighted by Crippen LogP contribution is 2.29. The molecule has 0 spiro atoms. The van der Waals surface area contributed by atoms with Gasteiger partial charge in [0.15, 0.2) is 0 Å². The number of thiophene rings is 1. The normalized spacial score (nSPS) is 10.4. The maximum absolute atomic E-state index is 12.3.